The Labute approximate surface area is 169 Å². The zero-order valence-electron chi connectivity index (χ0n) is 16.2. The molecule has 29 heavy (non-hydrogen) atoms. The maximum absolute atomic E-state index is 10.7. The molecule has 0 saturated heterocycles. The lowest BCUT2D eigenvalue weighted by molar-refractivity contribution is -0.384. The molecule has 0 N–H and O–H groups in total. The summed E-state index contributed by atoms with van der Waals surface area (Å²) in [6, 6.07) is 21.6. The van der Waals surface area contributed by atoms with Crippen LogP contribution in [0.25, 0.3) is 0 Å². The van der Waals surface area contributed by atoms with Crippen LogP contribution in [0.1, 0.15) is 11.1 Å². The fourth-order valence-electron chi connectivity index (χ4n) is 2.62. The van der Waals surface area contributed by atoms with Gasteiger partial charge in [0.25, 0.3) is 5.69 Å². The van der Waals surface area contributed by atoms with Crippen molar-refractivity contribution in [3.05, 3.63) is 94.0 Å². The fraction of sp³-hybridized carbons (Fsp3) is 0.136. The van der Waals surface area contributed by atoms with E-state index in [-0.39, 0.29) is 12.3 Å². The van der Waals surface area contributed by atoms with Gasteiger partial charge in [-0.2, -0.15) is 5.10 Å². The van der Waals surface area contributed by atoms with Gasteiger partial charge in [-0.25, -0.2) is 0 Å². The summed E-state index contributed by atoms with van der Waals surface area (Å²) in [5.74, 6) is 1.16. The zero-order chi connectivity index (χ0) is 20.6. The highest BCUT2D eigenvalue weighted by Crippen LogP contribution is 2.28. The number of rotatable bonds is 8. The SMILES string of the molecule is COc1cc(/C=N\N(C)c2ccccc2)ccc1OCc1ccc([N+](=O)[O-])cc1. The number of methoxy groups -OCH3 is 1. The van der Waals surface area contributed by atoms with Crippen LogP contribution in [-0.4, -0.2) is 25.3 Å². The molecular formula is C22H21N3O4. The van der Waals surface area contributed by atoms with Crippen LogP contribution in [0.3, 0.4) is 0 Å². The number of non-ortho nitro benzene ring substituents is 1. The molecular weight excluding hydrogens is 370 g/mol. The second-order valence-corrected chi connectivity index (χ2v) is 6.23. The summed E-state index contributed by atoms with van der Waals surface area (Å²) in [6.07, 6.45) is 1.75. The van der Waals surface area contributed by atoms with Gasteiger partial charge in [0.2, 0.25) is 0 Å². The molecule has 0 radical (unpaired) electrons. The highest BCUT2D eigenvalue weighted by molar-refractivity contribution is 5.81. The lowest BCUT2D eigenvalue weighted by Crippen LogP contribution is -2.08. The van der Waals surface area contributed by atoms with Crippen molar-refractivity contribution < 1.29 is 14.4 Å². The molecule has 3 rings (SSSR count). The van der Waals surface area contributed by atoms with Gasteiger partial charge >= 0.3 is 0 Å². The van der Waals surface area contributed by atoms with Crippen molar-refractivity contribution in [1.29, 1.82) is 0 Å². The number of nitro groups is 1. The van der Waals surface area contributed by atoms with Gasteiger partial charge < -0.3 is 9.47 Å². The molecule has 0 aliphatic heterocycles. The van der Waals surface area contributed by atoms with Crippen LogP contribution >= 0.6 is 0 Å². The minimum atomic E-state index is -0.427. The molecule has 0 aliphatic carbocycles. The number of para-hydroxylation sites is 1. The molecule has 148 valence electrons. The third-order valence-corrected chi connectivity index (χ3v) is 4.24. The van der Waals surface area contributed by atoms with E-state index in [2.05, 4.69) is 5.10 Å². The van der Waals surface area contributed by atoms with Crippen molar-refractivity contribution in [3.8, 4) is 11.5 Å². The van der Waals surface area contributed by atoms with E-state index in [4.69, 9.17) is 9.47 Å². The van der Waals surface area contributed by atoms with Crippen LogP contribution in [0.15, 0.2) is 77.9 Å². The smallest absolute Gasteiger partial charge is 0.269 e. The second kappa shape index (κ2) is 9.36. The summed E-state index contributed by atoms with van der Waals surface area (Å²) >= 11 is 0. The minimum Gasteiger partial charge on any atom is -0.493 e. The van der Waals surface area contributed by atoms with E-state index in [0.717, 1.165) is 16.8 Å². The Kier molecular flexibility index (Phi) is 6.42. The molecule has 7 nitrogen and oxygen atoms in total. The number of anilines is 1. The molecule has 0 unspecified atom stereocenters. The van der Waals surface area contributed by atoms with Gasteiger partial charge in [-0.05, 0) is 53.6 Å². The number of hydrogen-bond donors (Lipinski definition) is 0. The quantitative estimate of drug-likeness (QED) is 0.317. The van der Waals surface area contributed by atoms with Gasteiger partial charge in [0.05, 0.1) is 23.9 Å². The van der Waals surface area contributed by atoms with Crippen LogP contribution in [0.2, 0.25) is 0 Å². The number of benzene rings is 3. The summed E-state index contributed by atoms with van der Waals surface area (Å²) in [5.41, 5.74) is 2.73. The molecule has 0 atom stereocenters. The van der Waals surface area contributed by atoms with Crippen molar-refractivity contribution in [2.45, 2.75) is 6.61 Å². The van der Waals surface area contributed by atoms with Gasteiger partial charge in [0.1, 0.15) is 6.61 Å². The standard InChI is InChI=1S/C22H21N3O4/c1-24(19-6-4-3-5-7-19)23-15-18-10-13-21(22(14-18)28-2)29-16-17-8-11-20(12-9-17)25(26)27/h3-15H,16H2,1-2H3/b23-15-. The van der Waals surface area contributed by atoms with E-state index < -0.39 is 4.92 Å². The highest BCUT2D eigenvalue weighted by Gasteiger charge is 2.08. The molecule has 0 heterocycles. The normalized spacial score (nSPS) is 10.7. The molecule has 0 amide bonds. The van der Waals surface area contributed by atoms with Gasteiger partial charge in [-0.1, -0.05) is 18.2 Å². The Hall–Kier alpha value is -3.87. The Morgan fingerprint density at radius 3 is 2.41 bits per heavy atom. The zero-order valence-corrected chi connectivity index (χ0v) is 16.2. The average molecular weight is 391 g/mol. The second-order valence-electron chi connectivity index (χ2n) is 6.23. The van der Waals surface area contributed by atoms with Crippen LogP contribution in [0.4, 0.5) is 11.4 Å². The van der Waals surface area contributed by atoms with E-state index in [9.17, 15) is 10.1 Å². The van der Waals surface area contributed by atoms with Crippen molar-refractivity contribution >= 4 is 17.6 Å². The number of nitrogens with zero attached hydrogens (tertiary/aromatic N) is 3. The maximum Gasteiger partial charge on any atom is 0.269 e. The molecule has 0 fully saturated rings. The molecule has 3 aromatic rings. The predicted octanol–water partition coefficient (Wildman–Crippen LogP) is 4.65. The lowest BCUT2D eigenvalue weighted by Gasteiger charge is -2.13. The third-order valence-electron chi connectivity index (χ3n) is 4.24. The van der Waals surface area contributed by atoms with E-state index in [0.29, 0.717) is 11.5 Å². The number of ether oxygens (including phenoxy) is 2. The molecule has 0 spiro atoms. The number of hydrogen-bond acceptors (Lipinski definition) is 6. The first-order chi connectivity index (χ1) is 14.1. The van der Waals surface area contributed by atoms with E-state index >= 15 is 0 Å². The predicted molar refractivity (Wildman–Crippen MR) is 113 cm³/mol. The fourth-order valence-corrected chi connectivity index (χ4v) is 2.62. The van der Waals surface area contributed by atoms with Crippen molar-refractivity contribution in [3.63, 3.8) is 0 Å². The highest BCUT2D eigenvalue weighted by atomic mass is 16.6. The topological polar surface area (TPSA) is 77.2 Å². The first-order valence-corrected chi connectivity index (χ1v) is 8.94. The molecule has 0 aliphatic rings. The summed E-state index contributed by atoms with van der Waals surface area (Å²) in [7, 11) is 3.45. The van der Waals surface area contributed by atoms with E-state index in [1.54, 1.807) is 30.5 Å². The third kappa shape index (κ3) is 5.32. The Bertz CT molecular complexity index is 989. The summed E-state index contributed by atoms with van der Waals surface area (Å²) < 4.78 is 11.2. The number of nitro benzene ring substituents is 1. The molecule has 0 bridgehead atoms. The van der Waals surface area contributed by atoms with Crippen molar-refractivity contribution in [2.75, 3.05) is 19.2 Å². The first kappa shape index (κ1) is 19.9. The summed E-state index contributed by atoms with van der Waals surface area (Å²) in [5, 5.41) is 17.0. The largest absolute Gasteiger partial charge is 0.493 e. The van der Waals surface area contributed by atoms with E-state index in [1.807, 2.05) is 55.6 Å². The first-order valence-electron chi connectivity index (χ1n) is 8.94. The van der Waals surface area contributed by atoms with Crippen molar-refractivity contribution in [2.24, 2.45) is 5.10 Å². The monoisotopic (exact) mass is 391 g/mol. The van der Waals surface area contributed by atoms with E-state index in [1.165, 1.54) is 12.1 Å². The van der Waals surface area contributed by atoms with Gasteiger partial charge in [0, 0.05) is 19.2 Å². The molecule has 7 heteroatoms. The van der Waals surface area contributed by atoms with Gasteiger partial charge in [0.15, 0.2) is 11.5 Å². The molecule has 0 aromatic heterocycles. The van der Waals surface area contributed by atoms with Gasteiger partial charge in [-0.3, -0.25) is 15.1 Å². The summed E-state index contributed by atoms with van der Waals surface area (Å²) in [6.45, 7) is 0.276. The molecule has 3 aromatic carbocycles. The maximum atomic E-state index is 10.7. The van der Waals surface area contributed by atoms with Crippen LogP contribution in [-0.2, 0) is 6.61 Å². The minimum absolute atomic E-state index is 0.0513. The summed E-state index contributed by atoms with van der Waals surface area (Å²) in [4.78, 5) is 10.3. The Morgan fingerprint density at radius 1 is 1.03 bits per heavy atom. The van der Waals surface area contributed by atoms with Gasteiger partial charge in [-0.15, -0.1) is 0 Å². The average Bonchev–Trinajstić information content (AvgIpc) is 2.77. The number of hydrazone groups is 1. The van der Waals surface area contributed by atoms with Crippen LogP contribution in [0.5, 0.6) is 11.5 Å². The lowest BCUT2D eigenvalue weighted by atomic mass is 10.2. The van der Waals surface area contributed by atoms with Crippen molar-refractivity contribution in [1.82, 2.24) is 0 Å². The van der Waals surface area contributed by atoms with Crippen LogP contribution in [0, 0.1) is 10.1 Å². The van der Waals surface area contributed by atoms with Crippen LogP contribution < -0.4 is 14.5 Å². The molecule has 0 saturated carbocycles. The Balaban J connectivity index is 1.66. The Morgan fingerprint density at radius 2 is 1.76 bits per heavy atom.